The largest absolute Gasteiger partial charge is 0.345 e. The number of rotatable bonds is 2. The fraction of sp³-hybridized carbons (Fsp3) is 0.0769. The minimum absolute atomic E-state index is 0.197. The molecule has 3 heterocycles. The highest BCUT2D eigenvalue weighted by Gasteiger charge is 2.09. The van der Waals surface area contributed by atoms with Crippen molar-refractivity contribution in [2.75, 3.05) is 5.32 Å². The zero-order valence-electron chi connectivity index (χ0n) is 10.2. The maximum Gasteiger partial charge on any atom is 0.229 e. The van der Waals surface area contributed by atoms with Gasteiger partial charge in [0.25, 0.3) is 0 Å². The standard InChI is InChI=1S/C13H11N5O/c1-8(19)17-13-15-6-4-11(18-13)10-7-16-12-9(10)3-2-5-14-12/h2-7H,1H3,(H,14,16)(H,15,17,18,19). The molecule has 0 aliphatic heterocycles. The van der Waals surface area contributed by atoms with E-state index >= 15 is 0 Å². The second-order valence-electron chi connectivity index (χ2n) is 4.05. The van der Waals surface area contributed by atoms with E-state index in [0.717, 1.165) is 22.3 Å². The van der Waals surface area contributed by atoms with Crippen molar-refractivity contribution in [3.63, 3.8) is 0 Å². The van der Waals surface area contributed by atoms with Gasteiger partial charge in [0.05, 0.1) is 5.69 Å². The molecular weight excluding hydrogens is 242 g/mol. The van der Waals surface area contributed by atoms with Crippen LogP contribution in [0.3, 0.4) is 0 Å². The van der Waals surface area contributed by atoms with Crippen LogP contribution in [0.25, 0.3) is 22.3 Å². The SMILES string of the molecule is CC(=O)Nc1nccc(-c2c[nH]c3ncccc23)n1. The van der Waals surface area contributed by atoms with Gasteiger partial charge in [-0.3, -0.25) is 10.1 Å². The number of carbonyl (C=O) groups is 1. The van der Waals surface area contributed by atoms with Gasteiger partial charge in [0.15, 0.2) is 0 Å². The fourth-order valence-corrected chi connectivity index (χ4v) is 1.89. The van der Waals surface area contributed by atoms with Gasteiger partial charge in [-0.05, 0) is 18.2 Å². The van der Waals surface area contributed by atoms with E-state index in [9.17, 15) is 4.79 Å². The smallest absolute Gasteiger partial charge is 0.229 e. The second kappa shape index (κ2) is 4.49. The molecule has 0 saturated carbocycles. The Morgan fingerprint density at radius 2 is 2.16 bits per heavy atom. The van der Waals surface area contributed by atoms with Crippen LogP contribution >= 0.6 is 0 Å². The van der Waals surface area contributed by atoms with Crippen molar-refractivity contribution in [2.45, 2.75) is 6.92 Å². The summed E-state index contributed by atoms with van der Waals surface area (Å²) in [5.41, 5.74) is 2.47. The summed E-state index contributed by atoms with van der Waals surface area (Å²) in [6.45, 7) is 1.42. The molecule has 0 bridgehead atoms. The molecule has 2 N–H and O–H groups in total. The Kier molecular flexibility index (Phi) is 2.68. The molecule has 0 aliphatic rings. The van der Waals surface area contributed by atoms with Crippen LogP contribution in [0.1, 0.15) is 6.92 Å². The average molecular weight is 253 g/mol. The summed E-state index contributed by atoms with van der Waals surface area (Å²) in [5, 5.41) is 3.55. The molecule has 0 spiro atoms. The number of aromatic amines is 1. The van der Waals surface area contributed by atoms with Crippen LogP contribution in [0.15, 0.2) is 36.8 Å². The number of nitrogens with one attached hydrogen (secondary N) is 2. The van der Waals surface area contributed by atoms with Crippen LogP contribution < -0.4 is 5.32 Å². The van der Waals surface area contributed by atoms with Crippen LogP contribution in [0.4, 0.5) is 5.95 Å². The van der Waals surface area contributed by atoms with E-state index in [1.54, 1.807) is 18.5 Å². The molecule has 0 saturated heterocycles. The number of fused-ring (bicyclic) bond motifs is 1. The number of aromatic nitrogens is 4. The zero-order chi connectivity index (χ0) is 13.2. The van der Waals surface area contributed by atoms with Crippen molar-refractivity contribution in [3.05, 3.63) is 36.8 Å². The van der Waals surface area contributed by atoms with Crippen molar-refractivity contribution >= 4 is 22.9 Å². The molecule has 0 aliphatic carbocycles. The van der Waals surface area contributed by atoms with Gasteiger partial charge in [-0.2, -0.15) is 0 Å². The number of pyridine rings is 1. The lowest BCUT2D eigenvalue weighted by molar-refractivity contribution is -0.114. The summed E-state index contributed by atoms with van der Waals surface area (Å²) in [4.78, 5) is 26.6. The minimum atomic E-state index is -0.197. The highest BCUT2D eigenvalue weighted by Crippen LogP contribution is 2.25. The monoisotopic (exact) mass is 253 g/mol. The van der Waals surface area contributed by atoms with Crippen molar-refractivity contribution in [3.8, 4) is 11.3 Å². The van der Waals surface area contributed by atoms with Crippen LogP contribution in [-0.2, 0) is 4.79 Å². The maximum absolute atomic E-state index is 11.0. The number of carbonyl (C=O) groups excluding carboxylic acids is 1. The van der Waals surface area contributed by atoms with Gasteiger partial charge in [0.1, 0.15) is 5.65 Å². The van der Waals surface area contributed by atoms with Crippen LogP contribution in [-0.4, -0.2) is 25.8 Å². The van der Waals surface area contributed by atoms with E-state index in [1.165, 1.54) is 6.92 Å². The Hall–Kier alpha value is -2.76. The molecule has 3 aromatic heterocycles. The molecule has 6 heteroatoms. The Morgan fingerprint density at radius 1 is 1.26 bits per heavy atom. The predicted molar refractivity (Wildman–Crippen MR) is 71.4 cm³/mol. The van der Waals surface area contributed by atoms with E-state index in [1.807, 2.05) is 18.3 Å². The van der Waals surface area contributed by atoms with Crippen LogP contribution in [0.2, 0.25) is 0 Å². The van der Waals surface area contributed by atoms with Crippen LogP contribution in [0, 0.1) is 0 Å². The molecule has 0 fully saturated rings. The Labute approximate surface area is 108 Å². The van der Waals surface area contributed by atoms with E-state index in [-0.39, 0.29) is 5.91 Å². The number of anilines is 1. The molecule has 3 rings (SSSR count). The Balaban J connectivity index is 2.09. The van der Waals surface area contributed by atoms with E-state index < -0.39 is 0 Å². The molecule has 94 valence electrons. The molecule has 19 heavy (non-hydrogen) atoms. The molecule has 0 atom stereocenters. The van der Waals surface area contributed by atoms with E-state index in [0.29, 0.717) is 5.95 Å². The first kappa shape index (κ1) is 11.3. The minimum Gasteiger partial charge on any atom is -0.345 e. The van der Waals surface area contributed by atoms with Crippen molar-refractivity contribution in [1.29, 1.82) is 0 Å². The third kappa shape index (κ3) is 2.15. The zero-order valence-corrected chi connectivity index (χ0v) is 10.2. The van der Waals surface area contributed by atoms with E-state index in [2.05, 4.69) is 25.3 Å². The molecule has 1 amide bonds. The normalized spacial score (nSPS) is 10.6. The second-order valence-corrected chi connectivity index (χ2v) is 4.05. The topological polar surface area (TPSA) is 83.6 Å². The molecule has 3 aromatic rings. The molecule has 0 aromatic carbocycles. The number of nitrogens with zero attached hydrogens (tertiary/aromatic N) is 3. The molecular formula is C13H11N5O. The van der Waals surface area contributed by atoms with Gasteiger partial charge in [-0.25, -0.2) is 15.0 Å². The first-order valence-electron chi connectivity index (χ1n) is 5.77. The summed E-state index contributed by atoms with van der Waals surface area (Å²) in [6.07, 6.45) is 5.19. The van der Waals surface area contributed by atoms with Gasteiger partial charge in [-0.15, -0.1) is 0 Å². The summed E-state index contributed by atoms with van der Waals surface area (Å²) in [7, 11) is 0. The third-order valence-corrected chi connectivity index (χ3v) is 2.67. The highest BCUT2D eigenvalue weighted by molar-refractivity contribution is 5.93. The van der Waals surface area contributed by atoms with Crippen molar-refractivity contribution < 1.29 is 4.79 Å². The van der Waals surface area contributed by atoms with Gasteiger partial charge in [0, 0.05) is 36.5 Å². The molecule has 0 unspecified atom stereocenters. The summed E-state index contributed by atoms with van der Waals surface area (Å²) >= 11 is 0. The summed E-state index contributed by atoms with van der Waals surface area (Å²) in [5.74, 6) is 0.0981. The predicted octanol–water partition coefficient (Wildman–Crippen LogP) is 1.98. The molecule has 0 radical (unpaired) electrons. The van der Waals surface area contributed by atoms with E-state index in [4.69, 9.17) is 0 Å². The quantitative estimate of drug-likeness (QED) is 0.731. The lowest BCUT2D eigenvalue weighted by Crippen LogP contribution is -2.09. The fourth-order valence-electron chi connectivity index (χ4n) is 1.89. The van der Waals surface area contributed by atoms with Gasteiger partial charge >= 0.3 is 0 Å². The summed E-state index contributed by atoms with van der Waals surface area (Å²) in [6, 6.07) is 5.63. The van der Waals surface area contributed by atoms with Crippen molar-refractivity contribution in [1.82, 2.24) is 19.9 Å². The maximum atomic E-state index is 11.0. The Morgan fingerprint density at radius 3 is 3.00 bits per heavy atom. The highest BCUT2D eigenvalue weighted by atomic mass is 16.1. The lowest BCUT2D eigenvalue weighted by Gasteiger charge is -2.02. The number of hydrogen-bond acceptors (Lipinski definition) is 4. The van der Waals surface area contributed by atoms with Gasteiger partial charge in [-0.1, -0.05) is 0 Å². The van der Waals surface area contributed by atoms with Crippen molar-refractivity contribution in [2.24, 2.45) is 0 Å². The average Bonchev–Trinajstić information content (AvgIpc) is 2.82. The third-order valence-electron chi connectivity index (χ3n) is 2.67. The van der Waals surface area contributed by atoms with Gasteiger partial charge in [0.2, 0.25) is 11.9 Å². The number of hydrogen-bond donors (Lipinski definition) is 2. The first-order chi connectivity index (χ1) is 9.24. The van der Waals surface area contributed by atoms with Gasteiger partial charge < -0.3 is 4.98 Å². The lowest BCUT2D eigenvalue weighted by atomic mass is 10.1. The van der Waals surface area contributed by atoms with Crippen LogP contribution in [0.5, 0.6) is 0 Å². The number of amides is 1. The summed E-state index contributed by atoms with van der Waals surface area (Å²) < 4.78 is 0. The first-order valence-corrected chi connectivity index (χ1v) is 5.77. The molecule has 6 nitrogen and oxygen atoms in total. The Bertz CT molecular complexity index is 749. The number of H-pyrrole nitrogens is 1.